The molecule has 7 rings (SSSR count). The van der Waals surface area contributed by atoms with E-state index in [-0.39, 0.29) is 23.0 Å². The van der Waals surface area contributed by atoms with E-state index >= 15 is 0 Å². The van der Waals surface area contributed by atoms with Crippen LogP contribution in [0.4, 0.5) is 22.7 Å². The molecule has 44 heavy (non-hydrogen) atoms. The summed E-state index contributed by atoms with van der Waals surface area (Å²) in [5.74, 6) is -0.112. The van der Waals surface area contributed by atoms with Crippen LogP contribution in [0.2, 0.25) is 0 Å². The van der Waals surface area contributed by atoms with Crippen molar-refractivity contribution in [3.63, 3.8) is 0 Å². The van der Waals surface area contributed by atoms with Crippen molar-refractivity contribution in [1.29, 1.82) is 0 Å². The first kappa shape index (κ1) is 26.8. The smallest absolute Gasteiger partial charge is 0.125 e. The van der Waals surface area contributed by atoms with E-state index in [2.05, 4.69) is 25.0 Å². The van der Waals surface area contributed by atoms with E-state index in [1.807, 2.05) is 48.5 Å². The Morgan fingerprint density at radius 3 is 1.45 bits per heavy atom. The number of hydrogen-bond acceptors (Lipinski definition) is 9. The number of hydrogen-bond donors (Lipinski definition) is 4. The van der Waals surface area contributed by atoms with Crippen LogP contribution in [0, 0.1) is 0 Å². The van der Waals surface area contributed by atoms with Gasteiger partial charge in [-0.05, 0) is 53.6 Å². The van der Waals surface area contributed by atoms with Gasteiger partial charge in [-0.25, -0.2) is 0 Å². The second-order valence-corrected chi connectivity index (χ2v) is 10.5. The van der Waals surface area contributed by atoms with E-state index in [0.29, 0.717) is 57.9 Å². The number of phenolic OH excluding ortho intramolecular Hbond substituents is 4. The highest BCUT2D eigenvalue weighted by atomic mass is 16.3. The Hall–Kier alpha value is -6.09. The van der Waals surface area contributed by atoms with E-state index < -0.39 is 0 Å². The lowest BCUT2D eigenvalue weighted by Gasteiger charge is -2.08. The van der Waals surface area contributed by atoms with Gasteiger partial charge < -0.3 is 20.4 Å². The van der Waals surface area contributed by atoms with E-state index in [1.54, 1.807) is 6.07 Å². The maximum Gasteiger partial charge on any atom is 0.125 e. The average Bonchev–Trinajstić information content (AvgIpc) is 3.66. The van der Waals surface area contributed by atoms with Crippen molar-refractivity contribution in [2.24, 2.45) is 20.0 Å². The van der Waals surface area contributed by atoms with Crippen LogP contribution >= 0.6 is 0 Å². The van der Waals surface area contributed by atoms with Gasteiger partial charge in [-0.1, -0.05) is 36.4 Å². The number of rotatable bonds is 6. The van der Waals surface area contributed by atoms with Gasteiger partial charge in [0.05, 0.1) is 46.6 Å². The molecule has 0 radical (unpaired) electrons. The fourth-order valence-electron chi connectivity index (χ4n) is 5.28. The first-order valence-electron chi connectivity index (χ1n) is 13.9. The number of aromatic nitrogens is 1. The Morgan fingerprint density at radius 1 is 0.545 bits per heavy atom. The summed E-state index contributed by atoms with van der Waals surface area (Å²) in [5.41, 5.74) is 7.72. The molecule has 4 aromatic carbocycles. The first-order chi connectivity index (χ1) is 21.4. The summed E-state index contributed by atoms with van der Waals surface area (Å²) in [6.45, 7) is 0. The number of phenols is 4. The molecule has 0 amide bonds. The lowest BCUT2D eigenvalue weighted by Crippen LogP contribution is -2.01. The van der Waals surface area contributed by atoms with E-state index in [4.69, 9.17) is 0 Å². The molecular weight excluding hydrogens is 554 g/mol. The Kier molecular flexibility index (Phi) is 6.67. The number of pyridine rings is 1. The molecule has 0 aliphatic carbocycles. The van der Waals surface area contributed by atoms with Crippen molar-refractivity contribution in [3.05, 3.63) is 125 Å². The minimum Gasteiger partial charge on any atom is -0.507 e. The molecule has 9 heteroatoms. The third-order valence-electron chi connectivity index (χ3n) is 7.54. The molecule has 2 aliphatic rings. The maximum atomic E-state index is 10.7. The summed E-state index contributed by atoms with van der Waals surface area (Å²) >= 11 is 0. The van der Waals surface area contributed by atoms with Crippen molar-refractivity contribution in [2.75, 3.05) is 0 Å². The van der Waals surface area contributed by atoms with Crippen LogP contribution in [-0.4, -0.2) is 49.3 Å². The Labute approximate surface area is 252 Å². The van der Waals surface area contributed by atoms with Crippen molar-refractivity contribution in [3.8, 4) is 23.0 Å². The second-order valence-electron chi connectivity index (χ2n) is 10.5. The zero-order chi connectivity index (χ0) is 30.2. The highest BCUT2D eigenvalue weighted by Crippen LogP contribution is 2.35. The van der Waals surface area contributed by atoms with Crippen LogP contribution in [0.1, 0.15) is 33.4 Å². The zero-order valence-electron chi connectivity index (χ0n) is 23.3. The molecular formula is C35H25N5O4. The molecule has 4 N–H and O–H groups in total. The topological polar surface area (TPSA) is 143 Å². The molecule has 0 spiro atoms. The van der Waals surface area contributed by atoms with Crippen LogP contribution in [0.5, 0.6) is 23.0 Å². The second kappa shape index (κ2) is 11.0. The van der Waals surface area contributed by atoms with Gasteiger partial charge in [-0.15, -0.1) is 0 Å². The summed E-state index contributed by atoms with van der Waals surface area (Å²) in [6.07, 6.45) is 7.07. The number of para-hydroxylation sites is 2. The minimum atomic E-state index is -0.0477. The molecule has 1 aromatic heterocycles. The average molecular weight is 580 g/mol. The highest BCUT2D eigenvalue weighted by Gasteiger charge is 2.21. The Morgan fingerprint density at radius 2 is 1.00 bits per heavy atom. The van der Waals surface area contributed by atoms with E-state index in [9.17, 15) is 20.4 Å². The summed E-state index contributed by atoms with van der Waals surface area (Å²) in [5, 5.41) is 42.8. The van der Waals surface area contributed by atoms with Crippen molar-refractivity contribution in [2.45, 2.75) is 12.8 Å². The normalized spacial score (nSPS) is 13.7. The molecule has 2 aliphatic heterocycles. The molecule has 0 atom stereocenters. The summed E-state index contributed by atoms with van der Waals surface area (Å²) < 4.78 is 0. The SMILES string of the molecule is Oc1cc(C2=Nc3ccccc3C2)c(O)cc1C=Nc1cncc(N=Cc2cc(O)c(C3=Nc4ccccc4C3)cc2O)c1. The number of aromatic hydroxyl groups is 4. The summed E-state index contributed by atoms with van der Waals surface area (Å²) in [7, 11) is 0. The fourth-order valence-corrected chi connectivity index (χ4v) is 5.28. The molecule has 5 aromatic rings. The minimum absolute atomic E-state index is 0.00842. The monoisotopic (exact) mass is 579 g/mol. The number of fused-ring (bicyclic) bond motifs is 2. The molecule has 0 unspecified atom stereocenters. The third kappa shape index (κ3) is 5.18. The fraction of sp³-hybridized carbons (Fsp3) is 0.0571. The third-order valence-corrected chi connectivity index (χ3v) is 7.54. The maximum absolute atomic E-state index is 10.7. The lowest BCUT2D eigenvalue weighted by atomic mass is 10.0. The quantitative estimate of drug-likeness (QED) is 0.130. The molecule has 0 fully saturated rings. The van der Waals surface area contributed by atoms with Gasteiger partial charge in [0.15, 0.2) is 0 Å². The predicted octanol–water partition coefficient (Wildman–Crippen LogP) is 6.76. The number of aliphatic imine (C=N–C) groups is 4. The Balaban J connectivity index is 1.07. The van der Waals surface area contributed by atoms with Gasteiger partial charge in [-0.3, -0.25) is 25.0 Å². The van der Waals surface area contributed by atoms with Crippen LogP contribution in [-0.2, 0) is 12.8 Å². The van der Waals surface area contributed by atoms with Gasteiger partial charge in [0.1, 0.15) is 23.0 Å². The summed E-state index contributed by atoms with van der Waals surface area (Å²) in [6, 6.07) is 23.1. The first-order valence-corrected chi connectivity index (χ1v) is 13.9. The van der Waals surface area contributed by atoms with Crippen molar-refractivity contribution in [1.82, 2.24) is 4.98 Å². The molecule has 3 heterocycles. The number of nitrogens with zero attached hydrogens (tertiary/aromatic N) is 5. The van der Waals surface area contributed by atoms with Crippen LogP contribution in [0.15, 0.2) is 111 Å². The van der Waals surface area contributed by atoms with Crippen LogP contribution in [0.3, 0.4) is 0 Å². The lowest BCUT2D eigenvalue weighted by molar-refractivity contribution is 0.458. The standard InChI is InChI=1S/C35H25N5O4/c41-32-14-26(30-9-20-5-1-3-7-28(20)39-30)34(43)11-22(32)16-37-24-13-25(19-36-18-24)38-17-23-12-35(44)27(15-33(23)42)31-10-21-6-2-4-8-29(21)40-31/h1-8,11-19,41-44H,9-10H2. The molecule has 9 nitrogen and oxygen atoms in total. The van der Waals surface area contributed by atoms with Gasteiger partial charge in [0.2, 0.25) is 0 Å². The Bertz CT molecular complexity index is 1940. The number of benzene rings is 4. The molecule has 214 valence electrons. The van der Waals surface area contributed by atoms with E-state index in [0.717, 1.165) is 22.5 Å². The van der Waals surface area contributed by atoms with E-state index in [1.165, 1.54) is 49.1 Å². The highest BCUT2D eigenvalue weighted by molar-refractivity contribution is 6.10. The van der Waals surface area contributed by atoms with Gasteiger partial charge in [0, 0.05) is 47.5 Å². The summed E-state index contributed by atoms with van der Waals surface area (Å²) in [4.78, 5) is 22.1. The van der Waals surface area contributed by atoms with Crippen LogP contribution < -0.4 is 0 Å². The van der Waals surface area contributed by atoms with Gasteiger partial charge in [0.25, 0.3) is 0 Å². The van der Waals surface area contributed by atoms with Crippen LogP contribution in [0.25, 0.3) is 0 Å². The predicted molar refractivity (Wildman–Crippen MR) is 171 cm³/mol. The van der Waals surface area contributed by atoms with Gasteiger partial charge in [-0.2, -0.15) is 0 Å². The molecule has 0 saturated heterocycles. The molecule has 0 bridgehead atoms. The zero-order valence-corrected chi connectivity index (χ0v) is 23.3. The van der Waals surface area contributed by atoms with Gasteiger partial charge >= 0.3 is 0 Å². The largest absolute Gasteiger partial charge is 0.507 e. The van der Waals surface area contributed by atoms with Crippen molar-refractivity contribution < 1.29 is 20.4 Å². The van der Waals surface area contributed by atoms with Crippen molar-refractivity contribution >= 4 is 46.6 Å². The molecule has 0 saturated carbocycles.